The number of benzene rings is 2. The fraction of sp³-hybridized carbons (Fsp3) is 0.292. The van der Waals surface area contributed by atoms with E-state index in [1.807, 2.05) is 35.6 Å². The molecule has 9 nitrogen and oxygen atoms in total. The van der Waals surface area contributed by atoms with Gasteiger partial charge < -0.3 is 10.1 Å². The molecule has 182 valence electrons. The highest BCUT2D eigenvalue weighted by Gasteiger charge is 2.26. The van der Waals surface area contributed by atoms with E-state index in [1.54, 1.807) is 19.1 Å². The van der Waals surface area contributed by atoms with Gasteiger partial charge in [-0.15, -0.1) is 10.2 Å². The largest absolute Gasteiger partial charge is 0.379 e. The molecular weight excluding hydrogens is 486 g/mol. The average Bonchev–Trinajstić information content (AvgIpc) is 3.27. The summed E-state index contributed by atoms with van der Waals surface area (Å²) < 4.78 is 34.2. The lowest BCUT2D eigenvalue weighted by Crippen LogP contribution is -2.40. The van der Waals surface area contributed by atoms with Gasteiger partial charge in [-0.05, 0) is 55.8 Å². The van der Waals surface area contributed by atoms with Crippen LogP contribution in [0, 0.1) is 6.92 Å². The number of amides is 1. The van der Waals surface area contributed by atoms with E-state index in [0.29, 0.717) is 37.1 Å². The summed E-state index contributed by atoms with van der Waals surface area (Å²) in [5, 5.41) is 12.7. The van der Waals surface area contributed by atoms with Gasteiger partial charge in [-0.25, -0.2) is 8.42 Å². The summed E-state index contributed by atoms with van der Waals surface area (Å²) in [6.07, 6.45) is 0. The number of rotatable bonds is 6. The number of hydrogen-bond donors (Lipinski definition) is 1. The van der Waals surface area contributed by atoms with Gasteiger partial charge in [-0.1, -0.05) is 30.0 Å². The van der Waals surface area contributed by atoms with Gasteiger partial charge in [0.1, 0.15) is 0 Å². The van der Waals surface area contributed by atoms with Crippen LogP contribution in [0.25, 0.3) is 16.6 Å². The van der Waals surface area contributed by atoms with E-state index in [0.717, 1.165) is 22.1 Å². The molecule has 1 aliphatic rings. The van der Waals surface area contributed by atoms with Crippen molar-refractivity contribution in [2.75, 3.05) is 31.6 Å². The second-order valence-electron chi connectivity index (χ2n) is 8.31. The molecule has 0 saturated carbocycles. The third-order valence-corrected chi connectivity index (χ3v) is 8.91. The number of fused-ring (bicyclic) bond motifs is 3. The van der Waals surface area contributed by atoms with E-state index in [-0.39, 0.29) is 10.8 Å². The Balaban J connectivity index is 1.30. The number of morpholine rings is 1. The Labute approximate surface area is 207 Å². The number of thioether (sulfide) groups is 1. The Bertz CT molecular complexity index is 1500. The molecule has 1 saturated heterocycles. The Morgan fingerprint density at radius 1 is 1.09 bits per heavy atom. The monoisotopic (exact) mass is 511 g/mol. The number of pyridine rings is 1. The summed E-state index contributed by atoms with van der Waals surface area (Å²) in [6, 6.07) is 16.2. The molecule has 0 spiro atoms. The van der Waals surface area contributed by atoms with Crippen molar-refractivity contribution in [2.45, 2.75) is 29.1 Å². The molecule has 4 aromatic rings. The van der Waals surface area contributed by atoms with Crippen LogP contribution in [0.5, 0.6) is 0 Å². The van der Waals surface area contributed by atoms with Crippen molar-refractivity contribution in [1.29, 1.82) is 0 Å². The van der Waals surface area contributed by atoms with Gasteiger partial charge in [0.05, 0.1) is 28.9 Å². The van der Waals surface area contributed by atoms with Crippen molar-refractivity contribution in [3.63, 3.8) is 0 Å². The number of nitrogens with zero attached hydrogens (tertiary/aromatic N) is 4. The molecule has 1 atom stereocenters. The molecule has 35 heavy (non-hydrogen) atoms. The van der Waals surface area contributed by atoms with Gasteiger partial charge in [0, 0.05) is 24.2 Å². The highest BCUT2D eigenvalue weighted by Crippen LogP contribution is 2.28. The van der Waals surface area contributed by atoms with Crippen LogP contribution in [-0.2, 0) is 19.6 Å². The number of anilines is 1. The van der Waals surface area contributed by atoms with Crippen molar-refractivity contribution >= 4 is 49.9 Å². The summed E-state index contributed by atoms with van der Waals surface area (Å²) in [5.41, 5.74) is 3.35. The molecule has 1 aliphatic heterocycles. The van der Waals surface area contributed by atoms with Crippen LogP contribution in [0.2, 0.25) is 0 Å². The minimum absolute atomic E-state index is 0.192. The Hall–Kier alpha value is -2.99. The zero-order chi connectivity index (χ0) is 24.6. The summed E-state index contributed by atoms with van der Waals surface area (Å²) in [4.78, 5) is 13.1. The lowest BCUT2D eigenvalue weighted by atomic mass is 10.1. The Morgan fingerprint density at radius 2 is 1.80 bits per heavy atom. The Kier molecular flexibility index (Phi) is 6.49. The van der Waals surface area contributed by atoms with Crippen LogP contribution >= 0.6 is 11.8 Å². The van der Waals surface area contributed by atoms with Gasteiger partial charge in [0.15, 0.2) is 10.8 Å². The van der Waals surface area contributed by atoms with Crippen molar-refractivity contribution in [2.24, 2.45) is 0 Å². The van der Waals surface area contributed by atoms with Gasteiger partial charge in [-0.2, -0.15) is 4.31 Å². The highest BCUT2D eigenvalue weighted by atomic mass is 32.2. The summed E-state index contributed by atoms with van der Waals surface area (Å²) in [6.45, 7) is 5.29. The average molecular weight is 512 g/mol. The van der Waals surface area contributed by atoms with Gasteiger partial charge in [-0.3, -0.25) is 9.20 Å². The van der Waals surface area contributed by atoms with Crippen LogP contribution < -0.4 is 5.32 Å². The van der Waals surface area contributed by atoms with E-state index in [9.17, 15) is 13.2 Å². The quantitative estimate of drug-likeness (QED) is 0.396. The number of para-hydroxylation sites is 1. The molecular formula is C24H25N5O4S2. The molecule has 1 amide bonds. The number of nitrogens with one attached hydrogen (secondary N) is 1. The first kappa shape index (κ1) is 23.7. The van der Waals surface area contributed by atoms with E-state index in [2.05, 4.69) is 21.6 Å². The van der Waals surface area contributed by atoms with Gasteiger partial charge in [0.2, 0.25) is 15.9 Å². The molecule has 11 heteroatoms. The normalized spacial score (nSPS) is 15.9. The van der Waals surface area contributed by atoms with Crippen LogP contribution in [0.4, 0.5) is 5.69 Å². The first-order chi connectivity index (χ1) is 16.8. The van der Waals surface area contributed by atoms with E-state index >= 15 is 0 Å². The number of carbonyl (C=O) groups is 1. The molecule has 1 N–H and O–H groups in total. The fourth-order valence-electron chi connectivity index (χ4n) is 4.05. The topological polar surface area (TPSA) is 106 Å². The fourth-order valence-corrected chi connectivity index (χ4v) is 6.33. The van der Waals surface area contributed by atoms with Crippen molar-refractivity contribution in [1.82, 2.24) is 18.9 Å². The predicted molar refractivity (Wildman–Crippen MR) is 135 cm³/mol. The second kappa shape index (κ2) is 9.57. The molecule has 0 bridgehead atoms. The zero-order valence-electron chi connectivity index (χ0n) is 19.3. The van der Waals surface area contributed by atoms with E-state index in [4.69, 9.17) is 4.74 Å². The van der Waals surface area contributed by atoms with Crippen LogP contribution in [0.3, 0.4) is 0 Å². The first-order valence-corrected chi connectivity index (χ1v) is 13.6. The zero-order valence-corrected chi connectivity index (χ0v) is 21.0. The molecule has 5 rings (SSSR count). The SMILES string of the molecule is Cc1cc2nnc(SC(C)C(=O)Nc3ccc(S(=O)(=O)N4CCOCC4)cc3)n2c2ccccc12. The number of hydrogen-bond acceptors (Lipinski definition) is 7. The second-order valence-corrected chi connectivity index (χ2v) is 11.6. The lowest BCUT2D eigenvalue weighted by Gasteiger charge is -2.26. The standard InChI is InChI=1S/C24H25N5O4S2/c1-16-15-22-26-27-24(29(22)21-6-4-3-5-20(16)21)34-17(2)23(30)25-18-7-9-19(10-8-18)35(31,32)28-11-13-33-14-12-28/h3-10,15,17H,11-14H2,1-2H3,(H,25,30). The first-order valence-electron chi connectivity index (χ1n) is 11.2. The lowest BCUT2D eigenvalue weighted by molar-refractivity contribution is -0.115. The smallest absolute Gasteiger partial charge is 0.243 e. The summed E-state index contributed by atoms with van der Waals surface area (Å²) in [7, 11) is -3.58. The number of aromatic nitrogens is 3. The molecule has 3 heterocycles. The molecule has 1 unspecified atom stereocenters. The maximum absolute atomic E-state index is 12.9. The molecule has 0 radical (unpaired) electrons. The van der Waals surface area contributed by atoms with Crippen molar-refractivity contribution in [3.8, 4) is 0 Å². The third kappa shape index (κ3) is 4.64. The number of aryl methyl sites for hydroxylation is 1. The summed E-state index contributed by atoms with van der Waals surface area (Å²) >= 11 is 1.32. The number of ether oxygens (including phenoxy) is 1. The van der Waals surface area contributed by atoms with E-state index in [1.165, 1.54) is 28.2 Å². The summed E-state index contributed by atoms with van der Waals surface area (Å²) in [5.74, 6) is -0.216. The number of carbonyl (C=O) groups excluding carboxylic acids is 1. The minimum Gasteiger partial charge on any atom is -0.379 e. The minimum atomic E-state index is -3.58. The van der Waals surface area contributed by atoms with Crippen molar-refractivity contribution < 1.29 is 17.9 Å². The third-order valence-electron chi connectivity index (χ3n) is 5.95. The van der Waals surface area contributed by atoms with Crippen molar-refractivity contribution in [3.05, 3.63) is 60.2 Å². The number of sulfonamides is 1. The van der Waals surface area contributed by atoms with Crippen LogP contribution in [0.1, 0.15) is 12.5 Å². The predicted octanol–water partition coefficient (Wildman–Crippen LogP) is 3.33. The van der Waals surface area contributed by atoms with Gasteiger partial charge in [0.25, 0.3) is 0 Å². The molecule has 1 fully saturated rings. The maximum atomic E-state index is 12.9. The van der Waals surface area contributed by atoms with Crippen LogP contribution in [-0.4, -0.2) is 64.8 Å². The molecule has 0 aliphatic carbocycles. The van der Waals surface area contributed by atoms with Gasteiger partial charge >= 0.3 is 0 Å². The highest BCUT2D eigenvalue weighted by molar-refractivity contribution is 8.00. The maximum Gasteiger partial charge on any atom is 0.243 e. The molecule has 2 aromatic heterocycles. The van der Waals surface area contributed by atoms with Crippen LogP contribution in [0.15, 0.2) is 64.6 Å². The van der Waals surface area contributed by atoms with E-state index < -0.39 is 15.3 Å². The Morgan fingerprint density at radius 3 is 2.54 bits per heavy atom. The molecule has 2 aromatic carbocycles.